The molecule has 1 aromatic carbocycles. The van der Waals surface area contributed by atoms with Gasteiger partial charge in [-0.15, -0.1) is 0 Å². The lowest BCUT2D eigenvalue weighted by molar-refractivity contribution is 0.0750. The molecule has 0 spiro atoms. The first-order chi connectivity index (χ1) is 9.11. The molecule has 1 unspecified atom stereocenters. The fourth-order valence-electron chi connectivity index (χ4n) is 2.37. The second-order valence-corrected chi connectivity index (χ2v) is 5.92. The molecule has 3 nitrogen and oxygen atoms in total. The van der Waals surface area contributed by atoms with E-state index in [1.165, 1.54) is 18.6 Å². The van der Waals surface area contributed by atoms with Gasteiger partial charge in [0.25, 0.3) is 5.91 Å². The van der Waals surface area contributed by atoms with Gasteiger partial charge < -0.3 is 10.2 Å². The Balaban J connectivity index is 2.10. The SMILES string of the molecule is CCN(CC1CCCN1)C(=O)c1ccc(F)cc1I. The van der Waals surface area contributed by atoms with Gasteiger partial charge in [-0.25, -0.2) is 4.39 Å². The molecule has 0 radical (unpaired) electrons. The normalized spacial score (nSPS) is 18.6. The number of carbonyl (C=O) groups excluding carboxylic acids is 1. The molecule has 19 heavy (non-hydrogen) atoms. The third-order valence-corrected chi connectivity index (χ3v) is 4.33. The van der Waals surface area contributed by atoms with Crippen molar-refractivity contribution in [2.75, 3.05) is 19.6 Å². The Kier molecular flexibility index (Phi) is 5.15. The maximum atomic E-state index is 13.1. The van der Waals surface area contributed by atoms with E-state index in [0.29, 0.717) is 21.7 Å². The van der Waals surface area contributed by atoms with Crippen LogP contribution in [0.5, 0.6) is 0 Å². The molecule has 1 N–H and O–H groups in total. The lowest BCUT2D eigenvalue weighted by Crippen LogP contribution is -2.41. The molecule has 1 fully saturated rings. The summed E-state index contributed by atoms with van der Waals surface area (Å²) in [4.78, 5) is 14.3. The maximum absolute atomic E-state index is 13.1. The topological polar surface area (TPSA) is 32.3 Å². The number of rotatable bonds is 4. The average molecular weight is 376 g/mol. The number of nitrogens with one attached hydrogen (secondary N) is 1. The molecule has 1 aromatic rings. The van der Waals surface area contributed by atoms with Gasteiger partial charge in [0.05, 0.1) is 5.56 Å². The van der Waals surface area contributed by atoms with E-state index in [2.05, 4.69) is 5.32 Å². The van der Waals surface area contributed by atoms with Gasteiger partial charge in [-0.2, -0.15) is 0 Å². The van der Waals surface area contributed by atoms with E-state index in [4.69, 9.17) is 0 Å². The van der Waals surface area contributed by atoms with Crippen LogP contribution in [-0.4, -0.2) is 36.5 Å². The number of benzene rings is 1. The molecule has 1 amide bonds. The van der Waals surface area contributed by atoms with Crippen LogP contribution in [0.4, 0.5) is 4.39 Å². The van der Waals surface area contributed by atoms with E-state index in [1.54, 1.807) is 6.07 Å². The zero-order valence-electron chi connectivity index (χ0n) is 11.0. The predicted molar refractivity (Wildman–Crippen MR) is 81.7 cm³/mol. The Morgan fingerprint density at radius 1 is 1.58 bits per heavy atom. The van der Waals surface area contributed by atoms with Crippen LogP contribution in [0, 0.1) is 9.39 Å². The van der Waals surface area contributed by atoms with Crippen LogP contribution < -0.4 is 5.32 Å². The Bertz CT molecular complexity index is 461. The van der Waals surface area contributed by atoms with Crippen molar-refractivity contribution < 1.29 is 9.18 Å². The van der Waals surface area contributed by atoms with Crippen molar-refractivity contribution in [3.8, 4) is 0 Å². The first-order valence-electron chi connectivity index (χ1n) is 6.59. The van der Waals surface area contributed by atoms with Crippen molar-refractivity contribution in [1.29, 1.82) is 0 Å². The van der Waals surface area contributed by atoms with Crippen LogP contribution in [0.1, 0.15) is 30.1 Å². The van der Waals surface area contributed by atoms with Gasteiger partial charge in [0.15, 0.2) is 0 Å². The molecular weight excluding hydrogens is 358 g/mol. The molecule has 1 heterocycles. The minimum Gasteiger partial charge on any atom is -0.337 e. The van der Waals surface area contributed by atoms with Crippen molar-refractivity contribution in [1.82, 2.24) is 10.2 Å². The predicted octanol–water partition coefficient (Wildman–Crippen LogP) is 2.64. The molecular formula is C14H18FIN2O. The van der Waals surface area contributed by atoms with Crippen LogP contribution in [-0.2, 0) is 0 Å². The largest absolute Gasteiger partial charge is 0.337 e. The highest BCUT2D eigenvalue weighted by atomic mass is 127. The summed E-state index contributed by atoms with van der Waals surface area (Å²) in [5.41, 5.74) is 0.585. The highest BCUT2D eigenvalue weighted by molar-refractivity contribution is 14.1. The summed E-state index contributed by atoms with van der Waals surface area (Å²) in [6.07, 6.45) is 2.29. The number of nitrogens with zero attached hydrogens (tertiary/aromatic N) is 1. The van der Waals surface area contributed by atoms with Crippen molar-refractivity contribution in [2.24, 2.45) is 0 Å². The summed E-state index contributed by atoms with van der Waals surface area (Å²) >= 11 is 2.01. The summed E-state index contributed by atoms with van der Waals surface area (Å²) in [6.45, 7) is 4.40. The first kappa shape index (κ1) is 14.7. The Labute approximate surface area is 126 Å². The molecule has 5 heteroatoms. The average Bonchev–Trinajstić information content (AvgIpc) is 2.88. The molecule has 1 aliphatic heterocycles. The van der Waals surface area contributed by atoms with E-state index in [-0.39, 0.29) is 11.7 Å². The number of halogens is 2. The number of hydrogen-bond donors (Lipinski definition) is 1. The van der Waals surface area contributed by atoms with E-state index in [0.717, 1.165) is 19.5 Å². The summed E-state index contributed by atoms with van der Waals surface area (Å²) in [5, 5.41) is 3.40. The lowest BCUT2D eigenvalue weighted by Gasteiger charge is -2.25. The van der Waals surface area contributed by atoms with Crippen LogP contribution in [0.15, 0.2) is 18.2 Å². The van der Waals surface area contributed by atoms with Gasteiger partial charge in [-0.3, -0.25) is 4.79 Å². The quantitative estimate of drug-likeness (QED) is 0.820. The van der Waals surface area contributed by atoms with E-state index in [1.807, 2.05) is 34.4 Å². The number of hydrogen-bond acceptors (Lipinski definition) is 2. The van der Waals surface area contributed by atoms with Crippen molar-refractivity contribution in [3.05, 3.63) is 33.1 Å². The van der Waals surface area contributed by atoms with Gasteiger partial charge in [-0.05, 0) is 67.1 Å². The summed E-state index contributed by atoms with van der Waals surface area (Å²) in [5.74, 6) is -0.318. The number of amides is 1. The fraction of sp³-hybridized carbons (Fsp3) is 0.500. The van der Waals surface area contributed by atoms with Gasteiger partial charge in [0.1, 0.15) is 5.82 Å². The molecule has 1 atom stereocenters. The molecule has 0 aromatic heterocycles. The van der Waals surface area contributed by atoms with Crippen LogP contribution in [0.2, 0.25) is 0 Å². The second kappa shape index (κ2) is 6.65. The smallest absolute Gasteiger partial charge is 0.254 e. The van der Waals surface area contributed by atoms with Crippen molar-refractivity contribution in [3.63, 3.8) is 0 Å². The van der Waals surface area contributed by atoms with Crippen molar-refractivity contribution >= 4 is 28.5 Å². The van der Waals surface area contributed by atoms with Gasteiger partial charge in [-0.1, -0.05) is 0 Å². The molecule has 1 aliphatic rings. The Morgan fingerprint density at radius 3 is 2.95 bits per heavy atom. The van der Waals surface area contributed by atoms with E-state index in [9.17, 15) is 9.18 Å². The summed E-state index contributed by atoms with van der Waals surface area (Å²) in [7, 11) is 0. The van der Waals surface area contributed by atoms with Gasteiger partial charge >= 0.3 is 0 Å². The minimum absolute atomic E-state index is 0.0133. The second-order valence-electron chi connectivity index (χ2n) is 4.76. The van der Waals surface area contributed by atoms with Crippen LogP contribution in [0.3, 0.4) is 0 Å². The minimum atomic E-state index is -0.304. The van der Waals surface area contributed by atoms with Gasteiger partial charge in [0.2, 0.25) is 0 Å². The van der Waals surface area contributed by atoms with Crippen LogP contribution >= 0.6 is 22.6 Å². The highest BCUT2D eigenvalue weighted by Crippen LogP contribution is 2.17. The monoisotopic (exact) mass is 376 g/mol. The maximum Gasteiger partial charge on any atom is 0.254 e. The molecule has 1 saturated heterocycles. The standard InChI is InChI=1S/C14H18FIN2O/c1-2-18(9-11-4-3-7-17-11)14(19)12-6-5-10(15)8-13(12)16/h5-6,8,11,17H,2-4,7,9H2,1H3. The third kappa shape index (κ3) is 3.66. The fourth-order valence-corrected chi connectivity index (χ4v) is 3.08. The van der Waals surface area contributed by atoms with Gasteiger partial charge in [0, 0.05) is 22.7 Å². The number of likely N-dealkylation sites (N-methyl/N-ethyl adjacent to an activating group) is 1. The zero-order chi connectivity index (χ0) is 13.8. The molecule has 0 saturated carbocycles. The number of carbonyl (C=O) groups is 1. The van der Waals surface area contributed by atoms with Crippen LogP contribution in [0.25, 0.3) is 0 Å². The zero-order valence-corrected chi connectivity index (χ0v) is 13.1. The molecule has 0 aliphatic carbocycles. The summed E-state index contributed by atoms with van der Waals surface area (Å²) < 4.78 is 13.7. The Hall–Kier alpha value is -0.690. The molecule has 0 bridgehead atoms. The summed E-state index contributed by atoms with van der Waals surface area (Å²) in [6, 6.07) is 4.71. The third-order valence-electron chi connectivity index (χ3n) is 3.43. The first-order valence-corrected chi connectivity index (χ1v) is 7.67. The lowest BCUT2D eigenvalue weighted by atomic mass is 10.1. The Morgan fingerprint density at radius 2 is 2.37 bits per heavy atom. The molecule has 104 valence electrons. The molecule has 2 rings (SSSR count). The highest BCUT2D eigenvalue weighted by Gasteiger charge is 2.22. The van der Waals surface area contributed by atoms with E-state index >= 15 is 0 Å². The van der Waals surface area contributed by atoms with E-state index < -0.39 is 0 Å². The van der Waals surface area contributed by atoms with Crippen molar-refractivity contribution in [2.45, 2.75) is 25.8 Å².